The minimum absolute atomic E-state index is 0.280. The number of hydrogen-bond acceptors (Lipinski definition) is 3. The van der Waals surface area contributed by atoms with E-state index in [0.29, 0.717) is 12.8 Å². The molecule has 1 aliphatic carbocycles. The number of anilines is 1. The molecule has 0 radical (unpaired) electrons. The zero-order valence-corrected chi connectivity index (χ0v) is 10.7. The molecule has 0 saturated heterocycles. The third-order valence-electron chi connectivity index (χ3n) is 3.59. The number of benzene rings is 1. The van der Waals surface area contributed by atoms with E-state index in [1.54, 1.807) is 0 Å². The lowest BCUT2D eigenvalue weighted by Crippen LogP contribution is -2.42. The van der Waals surface area contributed by atoms with Crippen molar-refractivity contribution in [1.29, 1.82) is 0 Å². The van der Waals surface area contributed by atoms with Gasteiger partial charge in [0, 0.05) is 23.9 Å². The molecule has 4 nitrogen and oxygen atoms in total. The average Bonchev–Trinajstić information content (AvgIpc) is 2.42. The Morgan fingerprint density at radius 2 is 1.80 bits per heavy atom. The second kappa shape index (κ2) is 5.98. The van der Waals surface area contributed by atoms with Crippen LogP contribution in [-0.2, 0) is 9.59 Å². The normalized spacial score (nSPS) is 22.3. The fraction of sp³-hybridized carbons (Fsp3) is 0.429. The number of carbonyl (C=O) groups excluding carboxylic acids is 2. The minimum atomic E-state index is -1.27. The van der Waals surface area contributed by atoms with Crippen LogP contribution in [0.3, 0.4) is 0 Å². The largest absolute Gasteiger partial charge is 0.550 e. The summed E-state index contributed by atoms with van der Waals surface area (Å²) in [5, 5.41) is 13.3. The molecule has 108 valence electrons. The summed E-state index contributed by atoms with van der Waals surface area (Å²) in [5.74, 6) is -4.97. The zero-order chi connectivity index (χ0) is 14.7. The van der Waals surface area contributed by atoms with Crippen LogP contribution in [0.25, 0.3) is 0 Å². The summed E-state index contributed by atoms with van der Waals surface area (Å²) in [7, 11) is 0. The molecule has 0 unspecified atom stereocenters. The molecule has 0 spiro atoms. The molecule has 1 amide bonds. The fourth-order valence-corrected chi connectivity index (χ4v) is 2.55. The van der Waals surface area contributed by atoms with Crippen molar-refractivity contribution in [3.8, 4) is 0 Å². The van der Waals surface area contributed by atoms with E-state index < -0.39 is 35.3 Å². The van der Waals surface area contributed by atoms with Gasteiger partial charge in [-0.15, -0.1) is 0 Å². The van der Waals surface area contributed by atoms with Gasteiger partial charge in [0.2, 0.25) is 5.91 Å². The van der Waals surface area contributed by atoms with Gasteiger partial charge in [-0.05, 0) is 25.0 Å². The molecular formula is C14H14F2NO3-. The molecule has 0 heterocycles. The number of carboxylic acid groups (broad SMARTS) is 1. The van der Waals surface area contributed by atoms with E-state index >= 15 is 0 Å². The Morgan fingerprint density at radius 1 is 1.15 bits per heavy atom. The molecule has 1 aromatic carbocycles. The molecule has 0 aromatic heterocycles. The first-order valence-corrected chi connectivity index (χ1v) is 6.46. The highest BCUT2D eigenvalue weighted by molar-refractivity contribution is 5.95. The Kier molecular flexibility index (Phi) is 4.32. The fourth-order valence-electron chi connectivity index (χ4n) is 2.55. The highest BCUT2D eigenvalue weighted by atomic mass is 19.1. The number of rotatable bonds is 3. The minimum Gasteiger partial charge on any atom is -0.550 e. The van der Waals surface area contributed by atoms with Crippen LogP contribution in [0.4, 0.5) is 14.5 Å². The molecule has 1 aromatic rings. The topological polar surface area (TPSA) is 69.2 Å². The molecule has 0 aliphatic heterocycles. The van der Waals surface area contributed by atoms with Gasteiger partial charge in [0.15, 0.2) is 0 Å². The van der Waals surface area contributed by atoms with Gasteiger partial charge in [-0.3, -0.25) is 4.79 Å². The van der Waals surface area contributed by atoms with Crippen LogP contribution in [0.2, 0.25) is 0 Å². The first-order chi connectivity index (χ1) is 9.49. The van der Waals surface area contributed by atoms with Crippen LogP contribution in [-0.4, -0.2) is 11.9 Å². The summed E-state index contributed by atoms with van der Waals surface area (Å²) >= 11 is 0. The quantitative estimate of drug-likeness (QED) is 0.912. The number of halogens is 2. The van der Waals surface area contributed by atoms with Crippen molar-refractivity contribution in [3.05, 3.63) is 29.8 Å². The van der Waals surface area contributed by atoms with Gasteiger partial charge in [0.05, 0.1) is 5.69 Å². The highest BCUT2D eigenvalue weighted by Crippen LogP contribution is 2.31. The van der Waals surface area contributed by atoms with Gasteiger partial charge in [-0.1, -0.05) is 12.8 Å². The molecule has 2 rings (SSSR count). The number of nitrogens with one attached hydrogen (secondary N) is 1. The van der Waals surface area contributed by atoms with Crippen molar-refractivity contribution in [3.63, 3.8) is 0 Å². The monoisotopic (exact) mass is 282 g/mol. The summed E-state index contributed by atoms with van der Waals surface area (Å²) in [5.41, 5.74) is -0.280. The van der Waals surface area contributed by atoms with Gasteiger partial charge in [0.25, 0.3) is 0 Å². The maximum atomic E-state index is 13.4. The first-order valence-electron chi connectivity index (χ1n) is 6.46. The van der Waals surface area contributed by atoms with Gasteiger partial charge < -0.3 is 15.2 Å². The van der Waals surface area contributed by atoms with E-state index in [2.05, 4.69) is 5.32 Å². The SMILES string of the molecule is O=C([O-])[C@@H]1CCCC[C@H]1C(=O)Nc1cc(F)ccc1F. The second-order valence-electron chi connectivity index (χ2n) is 4.93. The Balaban J connectivity index is 2.14. The van der Waals surface area contributed by atoms with Crippen LogP contribution >= 0.6 is 0 Å². The third kappa shape index (κ3) is 3.12. The van der Waals surface area contributed by atoms with Crippen LogP contribution in [0.5, 0.6) is 0 Å². The van der Waals surface area contributed by atoms with E-state index in [0.717, 1.165) is 31.0 Å². The number of carbonyl (C=O) groups is 2. The summed E-state index contributed by atoms with van der Waals surface area (Å²) < 4.78 is 26.5. The first kappa shape index (κ1) is 14.4. The number of aliphatic carboxylic acids is 1. The Labute approximate surface area is 114 Å². The predicted molar refractivity (Wildman–Crippen MR) is 65.4 cm³/mol. The average molecular weight is 282 g/mol. The molecule has 1 N–H and O–H groups in total. The van der Waals surface area contributed by atoms with Crippen LogP contribution < -0.4 is 10.4 Å². The van der Waals surface area contributed by atoms with Crippen LogP contribution in [0.15, 0.2) is 18.2 Å². The van der Waals surface area contributed by atoms with Crippen molar-refractivity contribution in [2.75, 3.05) is 5.32 Å². The molecular weight excluding hydrogens is 268 g/mol. The van der Waals surface area contributed by atoms with Crippen molar-refractivity contribution < 1.29 is 23.5 Å². The smallest absolute Gasteiger partial charge is 0.228 e. The summed E-state index contributed by atoms with van der Waals surface area (Å²) in [4.78, 5) is 23.1. The van der Waals surface area contributed by atoms with E-state index in [-0.39, 0.29) is 5.69 Å². The Bertz CT molecular complexity index is 533. The van der Waals surface area contributed by atoms with Gasteiger partial charge in [0.1, 0.15) is 11.6 Å². The second-order valence-corrected chi connectivity index (χ2v) is 4.93. The van der Waals surface area contributed by atoms with Gasteiger partial charge in [-0.25, -0.2) is 8.78 Å². The molecule has 1 aliphatic rings. The van der Waals surface area contributed by atoms with Gasteiger partial charge >= 0.3 is 0 Å². The molecule has 1 fully saturated rings. The standard InChI is InChI=1S/C14H15F2NO3/c15-8-5-6-11(16)12(7-8)17-13(18)9-3-1-2-4-10(9)14(19)20/h5-7,9-10H,1-4H2,(H,17,18)(H,19,20)/p-1/t9-,10-/m1/s1. The molecule has 1 saturated carbocycles. The highest BCUT2D eigenvalue weighted by Gasteiger charge is 2.32. The number of hydrogen-bond donors (Lipinski definition) is 1. The van der Waals surface area contributed by atoms with Crippen LogP contribution in [0, 0.1) is 23.5 Å². The maximum Gasteiger partial charge on any atom is 0.228 e. The van der Waals surface area contributed by atoms with Crippen molar-refractivity contribution >= 4 is 17.6 Å². The van der Waals surface area contributed by atoms with E-state index in [4.69, 9.17) is 0 Å². The number of carboxylic acids is 1. The van der Waals surface area contributed by atoms with Crippen LogP contribution in [0.1, 0.15) is 25.7 Å². The van der Waals surface area contributed by atoms with Crippen molar-refractivity contribution in [1.82, 2.24) is 0 Å². The summed E-state index contributed by atoms with van der Waals surface area (Å²) in [6.07, 6.45) is 2.22. The van der Waals surface area contributed by atoms with E-state index in [1.807, 2.05) is 0 Å². The predicted octanol–water partition coefficient (Wildman–Crippen LogP) is 1.46. The molecule has 20 heavy (non-hydrogen) atoms. The third-order valence-corrected chi connectivity index (χ3v) is 3.59. The lowest BCUT2D eigenvalue weighted by Gasteiger charge is -2.31. The molecule has 2 atom stereocenters. The zero-order valence-electron chi connectivity index (χ0n) is 10.7. The van der Waals surface area contributed by atoms with E-state index in [9.17, 15) is 23.5 Å². The Morgan fingerprint density at radius 3 is 2.45 bits per heavy atom. The lowest BCUT2D eigenvalue weighted by molar-refractivity contribution is -0.313. The summed E-state index contributed by atoms with van der Waals surface area (Å²) in [6, 6.07) is 2.71. The maximum absolute atomic E-state index is 13.4. The molecule has 0 bridgehead atoms. The summed E-state index contributed by atoms with van der Waals surface area (Å²) in [6.45, 7) is 0. The van der Waals surface area contributed by atoms with E-state index in [1.165, 1.54) is 0 Å². The van der Waals surface area contributed by atoms with Crippen molar-refractivity contribution in [2.24, 2.45) is 11.8 Å². The Hall–Kier alpha value is -1.98. The lowest BCUT2D eigenvalue weighted by atomic mass is 9.78. The molecule has 6 heteroatoms. The number of amides is 1. The van der Waals surface area contributed by atoms with Crippen molar-refractivity contribution in [2.45, 2.75) is 25.7 Å². The van der Waals surface area contributed by atoms with Gasteiger partial charge in [-0.2, -0.15) is 0 Å².